The molecule has 1 N–H and O–H groups in total. The van der Waals surface area contributed by atoms with Gasteiger partial charge in [0.2, 0.25) is 11.8 Å². The predicted octanol–water partition coefficient (Wildman–Crippen LogP) is 5.78. The van der Waals surface area contributed by atoms with Gasteiger partial charge in [0.1, 0.15) is 18.3 Å². The van der Waals surface area contributed by atoms with Gasteiger partial charge in [0.05, 0.1) is 31.9 Å². The van der Waals surface area contributed by atoms with E-state index in [1.165, 1.54) is 37.3 Å². The first-order chi connectivity index (χ1) is 22.5. The normalized spacial score (nSPS) is 14.2. The predicted molar refractivity (Wildman–Crippen MR) is 183 cm³/mol. The second-order valence-electron chi connectivity index (χ2n) is 12.0. The molecule has 1 aliphatic rings. The quantitative estimate of drug-likeness (QED) is 0.232. The van der Waals surface area contributed by atoms with E-state index in [-0.39, 0.29) is 29.1 Å². The summed E-state index contributed by atoms with van der Waals surface area (Å²) in [6.45, 7) is 5.16. The van der Waals surface area contributed by atoms with Gasteiger partial charge in [0.25, 0.3) is 10.0 Å². The number of hydrogen-bond donors (Lipinski definition) is 1. The van der Waals surface area contributed by atoms with E-state index in [9.17, 15) is 18.0 Å². The fourth-order valence-corrected chi connectivity index (χ4v) is 7.57. The summed E-state index contributed by atoms with van der Waals surface area (Å²) in [5, 5.41) is 3.18. The minimum absolute atomic E-state index is 0.0521. The van der Waals surface area contributed by atoms with E-state index >= 15 is 0 Å². The molecular formula is C36H47N3O7S. The first-order valence-electron chi connectivity index (χ1n) is 16.1. The summed E-state index contributed by atoms with van der Waals surface area (Å²) in [5.74, 6) is 0.477. The number of anilines is 1. The number of carbonyl (C=O) groups is 2. The molecular weight excluding hydrogens is 618 g/mol. The van der Waals surface area contributed by atoms with Crippen molar-refractivity contribution in [3.8, 4) is 17.2 Å². The second-order valence-corrected chi connectivity index (χ2v) is 13.9. The second kappa shape index (κ2) is 16.0. The third-order valence-electron chi connectivity index (χ3n) is 8.54. The van der Waals surface area contributed by atoms with Crippen LogP contribution in [0.15, 0.2) is 65.6 Å². The Morgan fingerprint density at radius 3 is 2.17 bits per heavy atom. The lowest BCUT2D eigenvalue weighted by Gasteiger charge is -2.34. The van der Waals surface area contributed by atoms with E-state index in [1.807, 2.05) is 45.0 Å². The van der Waals surface area contributed by atoms with Crippen LogP contribution in [0.25, 0.3) is 0 Å². The van der Waals surface area contributed by atoms with E-state index in [1.54, 1.807) is 25.3 Å². The number of amides is 2. The maximum atomic E-state index is 14.5. The van der Waals surface area contributed by atoms with Crippen LogP contribution in [0.1, 0.15) is 62.1 Å². The molecule has 0 spiro atoms. The molecule has 0 aliphatic heterocycles. The lowest BCUT2D eigenvalue weighted by molar-refractivity contribution is -0.140. The molecule has 11 heteroatoms. The number of nitrogens with zero attached hydrogens (tertiary/aromatic N) is 2. The molecule has 1 fully saturated rings. The molecule has 254 valence electrons. The van der Waals surface area contributed by atoms with Gasteiger partial charge in [-0.3, -0.25) is 13.9 Å². The van der Waals surface area contributed by atoms with Crippen LogP contribution in [0.4, 0.5) is 5.69 Å². The van der Waals surface area contributed by atoms with Gasteiger partial charge in [-0.25, -0.2) is 8.42 Å². The number of carbonyl (C=O) groups excluding carboxylic acids is 2. The third-order valence-corrected chi connectivity index (χ3v) is 10.3. The Morgan fingerprint density at radius 2 is 1.55 bits per heavy atom. The highest BCUT2D eigenvalue weighted by Crippen LogP contribution is 2.33. The molecule has 2 amide bonds. The van der Waals surface area contributed by atoms with E-state index in [0.717, 1.165) is 53.1 Å². The van der Waals surface area contributed by atoms with E-state index in [2.05, 4.69) is 5.32 Å². The standard InChI is InChI=1S/C36H47N3O7S/c1-7-32(36(41)37-28-13-9-8-10-14-28)38(23-27-12-11-15-30(21-27)44-4)35(40)24-39(29-19-25(2)18-26(3)20-29)47(42,43)31-16-17-33(45-5)34(22-31)46-6/h11-12,15-22,28,32H,7-10,13-14,23-24H2,1-6H3,(H,37,41). The molecule has 1 saturated carbocycles. The van der Waals surface area contributed by atoms with Gasteiger partial charge in [-0.2, -0.15) is 0 Å². The van der Waals surface area contributed by atoms with Crippen molar-refractivity contribution in [2.24, 2.45) is 0 Å². The van der Waals surface area contributed by atoms with Crippen molar-refractivity contribution in [3.63, 3.8) is 0 Å². The number of methoxy groups -OCH3 is 3. The minimum atomic E-state index is -4.30. The molecule has 0 bridgehead atoms. The average Bonchev–Trinajstić information content (AvgIpc) is 3.06. The van der Waals surface area contributed by atoms with Gasteiger partial charge >= 0.3 is 0 Å². The SMILES string of the molecule is CCC(C(=O)NC1CCCCC1)N(Cc1cccc(OC)c1)C(=O)CN(c1cc(C)cc(C)c1)S(=O)(=O)c1ccc(OC)c(OC)c1. The van der Waals surface area contributed by atoms with Crippen LogP contribution >= 0.6 is 0 Å². The number of hydrogen-bond acceptors (Lipinski definition) is 7. The number of nitrogens with one attached hydrogen (secondary N) is 1. The summed E-state index contributed by atoms with van der Waals surface area (Å²) in [4.78, 5) is 29.8. The van der Waals surface area contributed by atoms with E-state index < -0.39 is 28.5 Å². The van der Waals surface area contributed by atoms with Gasteiger partial charge in [-0.1, -0.05) is 44.4 Å². The number of rotatable bonds is 14. The molecule has 4 rings (SSSR count). The summed E-state index contributed by atoms with van der Waals surface area (Å²) in [5.41, 5.74) is 2.77. The topological polar surface area (TPSA) is 114 Å². The monoisotopic (exact) mass is 665 g/mol. The van der Waals surface area contributed by atoms with Crippen molar-refractivity contribution >= 4 is 27.5 Å². The van der Waals surface area contributed by atoms with Crippen LogP contribution in [0.2, 0.25) is 0 Å². The zero-order valence-corrected chi connectivity index (χ0v) is 29.1. The van der Waals surface area contributed by atoms with Crippen LogP contribution < -0.4 is 23.8 Å². The summed E-state index contributed by atoms with van der Waals surface area (Å²) in [7, 11) is 0.162. The molecule has 10 nitrogen and oxygen atoms in total. The summed E-state index contributed by atoms with van der Waals surface area (Å²) < 4.78 is 46.1. The maximum absolute atomic E-state index is 14.5. The molecule has 0 radical (unpaired) electrons. The number of sulfonamides is 1. The van der Waals surface area contributed by atoms with Crippen molar-refractivity contribution < 1.29 is 32.2 Å². The Bertz CT molecular complexity index is 1630. The first kappa shape index (κ1) is 35.6. The van der Waals surface area contributed by atoms with Crippen LogP contribution in [-0.2, 0) is 26.2 Å². The number of benzene rings is 3. The lowest BCUT2D eigenvalue weighted by atomic mass is 9.95. The highest BCUT2D eigenvalue weighted by Gasteiger charge is 2.35. The van der Waals surface area contributed by atoms with Gasteiger partial charge < -0.3 is 24.4 Å². The molecule has 0 saturated heterocycles. The van der Waals surface area contributed by atoms with Crippen LogP contribution in [0, 0.1) is 13.8 Å². The van der Waals surface area contributed by atoms with Gasteiger partial charge in [0.15, 0.2) is 11.5 Å². The molecule has 47 heavy (non-hydrogen) atoms. The molecule has 3 aromatic rings. The Morgan fingerprint density at radius 1 is 0.872 bits per heavy atom. The zero-order chi connectivity index (χ0) is 34.1. The van der Waals surface area contributed by atoms with Gasteiger partial charge in [0, 0.05) is 18.7 Å². The highest BCUT2D eigenvalue weighted by atomic mass is 32.2. The Hall–Kier alpha value is -4.25. The van der Waals surface area contributed by atoms with Gasteiger partial charge in [-0.05, 0) is 86.2 Å². The Balaban J connectivity index is 1.77. The van der Waals surface area contributed by atoms with Crippen molar-refractivity contribution in [2.75, 3.05) is 32.2 Å². The number of aryl methyl sites for hydroxylation is 2. The maximum Gasteiger partial charge on any atom is 0.264 e. The van der Waals surface area contributed by atoms with E-state index in [4.69, 9.17) is 14.2 Å². The van der Waals surface area contributed by atoms with Crippen LogP contribution in [0.3, 0.4) is 0 Å². The fourth-order valence-electron chi connectivity index (χ4n) is 6.16. The molecule has 1 aliphatic carbocycles. The zero-order valence-electron chi connectivity index (χ0n) is 28.2. The van der Waals surface area contributed by atoms with Crippen LogP contribution in [-0.4, -0.2) is 65.1 Å². The Kier molecular flexibility index (Phi) is 12.1. The number of ether oxygens (including phenoxy) is 3. The molecule has 0 heterocycles. The average molecular weight is 666 g/mol. The minimum Gasteiger partial charge on any atom is -0.497 e. The van der Waals surface area contributed by atoms with Crippen molar-refractivity contribution in [3.05, 3.63) is 77.4 Å². The van der Waals surface area contributed by atoms with Crippen molar-refractivity contribution in [2.45, 2.75) is 82.8 Å². The lowest BCUT2D eigenvalue weighted by Crippen LogP contribution is -2.54. The smallest absolute Gasteiger partial charge is 0.264 e. The van der Waals surface area contributed by atoms with Crippen LogP contribution in [0.5, 0.6) is 17.2 Å². The molecule has 0 aromatic heterocycles. The summed E-state index contributed by atoms with van der Waals surface area (Å²) in [6, 6.07) is 16.3. The largest absolute Gasteiger partial charge is 0.497 e. The summed E-state index contributed by atoms with van der Waals surface area (Å²) >= 11 is 0. The highest BCUT2D eigenvalue weighted by molar-refractivity contribution is 7.92. The summed E-state index contributed by atoms with van der Waals surface area (Å²) in [6.07, 6.45) is 5.39. The van der Waals surface area contributed by atoms with Crippen molar-refractivity contribution in [1.29, 1.82) is 0 Å². The Labute approximate surface area is 279 Å². The molecule has 1 unspecified atom stereocenters. The third kappa shape index (κ3) is 8.77. The fraction of sp³-hybridized carbons (Fsp3) is 0.444. The first-order valence-corrected chi connectivity index (χ1v) is 17.5. The molecule has 1 atom stereocenters. The molecule has 3 aromatic carbocycles. The van der Waals surface area contributed by atoms with Crippen molar-refractivity contribution in [1.82, 2.24) is 10.2 Å². The van der Waals surface area contributed by atoms with E-state index in [0.29, 0.717) is 23.6 Å². The van der Waals surface area contributed by atoms with Gasteiger partial charge in [-0.15, -0.1) is 0 Å².